The molecule has 3 fully saturated rings. The smallest absolute Gasteiger partial charge is 0.230 e. The van der Waals surface area contributed by atoms with Crippen molar-refractivity contribution >= 4 is 21.7 Å². The molecule has 3 aliphatic heterocycles. The maximum Gasteiger partial charge on any atom is 0.230 e. The third-order valence-electron chi connectivity index (χ3n) is 5.96. The first kappa shape index (κ1) is 18.6. The Morgan fingerprint density at radius 3 is 2.64 bits per heavy atom. The Labute approximate surface area is 149 Å². The number of carbonyl (C=O) groups is 2. The highest BCUT2D eigenvalue weighted by molar-refractivity contribution is 7.91. The molecule has 2 amide bonds. The van der Waals surface area contributed by atoms with E-state index >= 15 is 0 Å². The third-order valence-corrected chi connectivity index (χ3v) is 7.67. The minimum absolute atomic E-state index is 0.0357. The van der Waals surface area contributed by atoms with Crippen LogP contribution in [0.25, 0.3) is 0 Å². The molecule has 3 aliphatic rings. The molecule has 7 nitrogen and oxygen atoms in total. The minimum atomic E-state index is -2.97. The van der Waals surface area contributed by atoms with E-state index in [2.05, 4.69) is 0 Å². The molecule has 0 aliphatic carbocycles. The average molecular weight is 372 g/mol. The second-order valence-electron chi connectivity index (χ2n) is 7.60. The molecule has 1 spiro atoms. The van der Waals surface area contributed by atoms with Gasteiger partial charge < -0.3 is 14.5 Å². The van der Waals surface area contributed by atoms with Gasteiger partial charge in [0.25, 0.3) is 0 Å². The lowest BCUT2D eigenvalue weighted by Crippen LogP contribution is -2.51. The highest BCUT2D eigenvalue weighted by Crippen LogP contribution is 2.41. The minimum Gasteiger partial charge on any atom is -0.383 e. The monoisotopic (exact) mass is 372 g/mol. The van der Waals surface area contributed by atoms with E-state index in [-0.39, 0.29) is 29.2 Å². The van der Waals surface area contributed by atoms with E-state index in [1.54, 1.807) is 12.0 Å². The van der Waals surface area contributed by atoms with Crippen LogP contribution in [-0.4, -0.2) is 81.4 Å². The van der Waals surface area contributed by atoms with Gasteiger partial charge in [-0.3, -0.25) is 9.59 Å². The van der Waals surface area contributed by atoms with Crippen molar-refractivity contribution in [3.63, 3.8) is 0 Å². The average Bonchev–Trinajstić information content (AvgIpc) is 3.01. The molecule has 0 saturated carbocycles. The maximum atomic E-state index is 12.9. The molecule has 3 heterocycles. The first-order valence-corrected chi connectivity index (χ1v) is 11.0. The summed E-state index contributed by atoms with van der Waals surface area (Å²) >= 11 is 0. The Bertz CT molecular complexity index is 621. The molecule has 0 radical (unpaired) electrons. The molecule has 0 N–H and O–H groups in total. The summed E-state index contributed by atoms with van der Waals surface area (Å²) in [4.78, 5) is 29.4. The number of hydrogen-bond donors (Lipinski definition) is 0. The van der Waals surface area contributed by atoms with Crippen LogP contribution in [0.4, 0.5) is 0 Å². The molecule has 8 heteroatoms. The van der Waals surface area contributed by atoms with Crippen LogP contribution in [0.1, 0.15) is 32.1 Å². The predicted octanol–water partition coefficient (Wildman–Crippen LogP) is 0.299. The fourth-order valence-corrected chi connectivity index (χ4v) is 5.89. The van der Waals surface area contributed by atoms with E-state index in [4.69, 9.17) is 4.74 Å². The summed E-state index contributed by atoms with van der Waals surface area (Å²) < 4.78 is 28.2. The van der Waals surface area contributed by atoms with Crippen molar-refractivity contribution in [1.29, 1.82) is 0 Å². The Morgan fingerprint density at radius 1 is 1.24 bits per heavy atom. The zero-order chi connectivity index (χ0) is 18.1. The van der Waals surface area contributed by atoms with Crippen LogP contribution in [0.2, 0.25) is 0 Å². The van der Waals surface area contributed by atoms with E-state index in [9.17, 15) is 18.0 Å². The van der Waals surface area contributed by atoms with E-state index in [1.807, 2.05) is 4.90 Å². The molecule has 3 rings (SSSR count). The van der Waals surface area contributed by atoms with Gasteiger partial charge in [-0.2, -0.15) is 0 Å². The zero-order valence-electron chi connectivity index (χ0n) is 14.9. The molecule has 142 valence electrons. The van der Waals surface area contributed by atoms with Gasteiger partial charge in [-0.25, -0.2) is 8.42 Å². The Kier molecular flexibility index (Phi) is 5.39. The quantitative estimate of drug-likeness (QED) is 0.709. The molecule has 3 saturated heterocycles. The maximum absolute atomic E-state index is 12.9. The summed E-state index contributed by atoms with van der Waals surface area (Å²) in [5.41, 5.74) is -0.442. The molecule has 1 atom stereocenters. The fourth-order valence-electron chi connectivity index (χ4n) is 4.40. The third kappa shape index (κ3) is 3.84. The van der Waals surface area contributed by atoms with Crippen molar-refractivity contribution in [2.45, 2.75) is 32.1 Å². The predicted molar refractivity (Wildman–Crippen MR) is 92.7 cm³/mol. The van der Waals surface area contributed by atoms with Crippen LogP contribution >= 0.6 is 0 Å². The lowest BCUT2D eigenvalue weighted by molar-refractivity contribution is -0.147. The number of ether oxygens (including phenoxy) is 1. The largest absolute Gasteiger partial charge is 0.383 e. The number of methoxy groups -OCH3 is 1. The van der Waals surface area contributed by atoms with Gasteiger partial charge in [0.15, 0.2) is 0 Å². The van der Waals surface area contributed by atoms with Gasteiger partial charge in [0, 0.05) is 39.2 Å². The fraction of sp³-hybridized carbons (Fsp3) is 0.882. The van der Waals surface area contributed by atoms with Crippen LogP contribution in [-0.2, 0) is 24.2 Å². The first-order chi connectivity index (χ1) is 11.9. The summed E-state index contributed by atoms with van der Waals surface area (Å²) in [6.45, 7) is 2.98. The SMILES string of the molecule is COCCN1CCC[C@@]2(CCN(C(=O)C3CCS(=O)(=O)CC3)C2)C1=O. The summed E-state index contributed by atoms with van der Waals surface area (Å²) in [5, 5.41) is 0. The number of carbonyl (C=O) groups excluding carboxylic acids is 2. The lowest BCUT2D eigenvalue weighted by Gasteiger charge is -2.39. The Morgan fingerprint density at radius 2 is 1.96 bits per heavy atom. The summed E-state index contributed by atoms with van der Waals surface area (Å²) in [7, 11) is -1.34. The number of piperidine rings is 1. The number of sulfone groups is 1. The van der Waals surface area contributed by atoms with Crippen molar-refractivity contribution in [2.24, 2.45) is 11.3 Å². The van der Waals surface area contributed by atoms with E-state index < -0.39 is 15.3 Å². The molecular weight excluding hydrogens is 344 g/mol. The number of amides is 2. The second kappa shape index (κ2) is 7.23. The summed E-state index contributed by atoms with van der Waals surface area (Å²) in [5.74, 6) is 0.186. The van der Waals surface area contributed by atoms with Crippen molar-refractivity contribution < 1.29 is 22.7 Å². The van der Waals surface area contributed by atoms with Crippen molar-refractivity contribution in [3.8, 4) is 0 Å². The van der Waals surface area contributed by atoms with Crippen molar-refractivity contribution in [3.05, 3.63) is 0 Å². The van der Waals surface area contributed by atoms with E-state index in [0.29, 0.717) is 45.5 Å². The van der Waals surface area contributed by atoms with Gasteiger partial charge in [0.1, 0.15) is 9.84 Å². The normalized spacial score (nSPS) is 30.2. The van der Waals surface area contributed by atoms with Gasteiger partial charge in [-0.15, -0.1) is 0 Å². The summed E-state index contributed by atoms with van der Waals surface area (Å²) in [6, 6.07) is 0. The Balaban J connectivity index is 1.62. The molecule has 0 aromatic carbocycles. The first-order valence-electron chi connectivity index (χ1n) is 9.14. The van der Waals surface area contributed by atoms with Gasteiger partial charge in [-0.05, 0) is 32.1 Å². The lowest BCUT2D eigenvalue weighted by atomic mass is 9.78. The van der Waals surface area contributed by atoms with Gasteiger partial charge in [-0.1, -0.05) is 0 Å². The van der Waals surface area contributed by atoms with E-state index in [0.717, 1.165) is 19.4 Å². The molecule has 0 bridgehead atoms. The number of rotatable bonds is 4. The molecule has 0 aromatic heterocycles. The van der Waals surface area contributed by atoms with Gasteiger partial charge in [0.2, 0.25) is 11.8 Å². The van der Waals surface area contributed by atoms with Crippen LogP contribution < -0.4 is 0 Å². The highest BCUT2D eigenvalue weighted by atomic mass is 32.2. The molecular formula is C17H28N2O5S. The molecule has 0 unspecified atom stereocenters. The standard InChI is InChI=1S/C17H28N2O5S/c1-24-10-9-18-7-2-5-17(16(18)21)6-8-19(13-17)15(20)14-3-11-25(22,23)12-4-14/h14H,2-13H2,1H3/t17-/m0/s1. The van der Waals surface area contributed by atoms with E-state index in [1.165, 1.54) is 0 Å². The van der Waals surface area contributed by atoms with Crippen LogP contribution in [0.3, 0.4) is 0 Å². The van der Waals surface area contributed by atoms with Crippen molar-refractivity contribution in [2.75, 3.05) is 51.4 Å². The summed E-state index contributed by atoms with van der Waals surface area (Å²) in [6.07, 6.45) is 3.33. The van der Waals surface area contributed by atoms with Crippen molar-refractivity contribution in [1.82, 2.24) is 9.80 Å². The number of hydrogen-bond acceptors (Lipinski definition) is 5. The van der Waals surface area contributed by atoms with Gasteiger partial charge in [0.05, 0.1) is 23.5 Å². The van der Waals surface area contributed by atoms with Gasteiger partial charge >= 0.3 is 0 Å². The second-order valence-corrected chi connectivity index (χ2v) is 9.91. The Hall–Kier alpha value is -1.15. The number of likely N-dealkylation sites (tertiary alicyclic amines) is 2. The molecule has 0 aromatic rings. The van der Waals surface area contributed by atoms with Crippen LogP contribution in [0.15, 0.2) is 0 Å². The van der Waals surface area contributed by atoms with Crippen LogP contribution in [0, 0.1) is 11.3 Å². The topological polar surface area (TPSA) is 84.0 Å². The van der Waals surface area contributed by atoms with Crippen LogP contribution in [0.5, 0.6) is 0 Å². The molecule has 25 heavy (non-hydrogen) atoms. The number of nitrogens with zero attached hydrogens (tertiary/aromatic N) is 2. The zero-order valence-corrected chi connectivity index (χ0v) is 15.7. The highest BCUT2D eigenvalue weighted by Gasteiger charge is 2.50.